The molecule has 0 saturated carbocycles. The monoisotopic (exact) mass is 263 g/mol. The molecule has 1 unspecified atom stereocenters. The Morgan fingerprint density at radius 2 is 2.26 bits per heavy atom. The Labute approximate surface area is 115 Å². The summed E-state index contributed by atoms with van der Waals surface area (Å²) in [6.07, 6.45) is 2.36. The van der Waals surface area contributed by atoms with Crippen molar-refractivity contribution in [1.29, 1.82) is 0 Å². The lowest BCUT2D eigenvalue weighted by atomic mass is 10.2. The highest BCUT2D eigenvalue weighted by molar-refractivity contribution is 5.50. The Morgan fingerprint density at radius 3 is 2.95 bits per heavy atom. The van der Waals surface area contributed by atoms with E-state index >= 15 is 0 Å². The van der Waals surface area contributed by atoms with Gasteiger partial charge in [-0.2, -0.15) is 0 Å². The molecule has 1 aliphatic heterocycles. The number of hydrogen-bond donors (Lipinski definition) is 2. The third-order valence-electron chi connectivity index (χ3n) is 3.46. The minimum atomic E-state index is 0.423. The molecule has 0 radical (unpaired) electrons. The standard InChI is InChI=1S/C14H25N5/c1-10(2)9-16-13-7-14(18-11(3)17-13)19-6-4-5-12(19)8-15/h7,10,12H,4-6,8-9,15H2,1-3H3,(H,16,17,18). The van der Waals surface area contributed by atoms with Gasteiger partial charge in [0.1, 0.15) is 17.5 Å². The molecule has 106 valence electrons. The van der Waals surface area contributed by atoms with Gasteiger partial charge in [-0.3, -0.25) is 0 Å². The second-order valence-electron chi connectivity index (χ2n) is 5.66. The van der Waals surface area contributed by atoms with Crippen molar-refractivity contribution in [2.45, 2.75) is 39.7 Å². The lowest BCUT2D eigenvalue weighted by Gasteiger charge is -2.25. The van der Waals surface area contributed by atoms with Crippen molar-refractivity contribution in [2.24, 2.45) is 11.7 Å². The normalized spacial score (nSPS) is 19.2. The highest BCUT2D eigenvalue weighted by atomic mass is 15.2. The highest BCUT2D eigenvalue weighted by Gasteiger charge is 2.24. The van der Waals surface area contributed by atoms with E-state index in [0.29, 0.717) is 18.5 Å². The molecule has 2 heterocycles. The average Bonchev–Trinajstić information content (AvgIpc) is 2.84. The molecule has 1 atom stereocenters. The number of aromatic nitrogens is 2. The molecule has 19 heavy (non-hydrogen) atoms. The molecular weight excluding hydrogens is 238 g/mol. The first-order valence-corrected chi connectivity index (χ1v) is 7.16. The number of nitrogens with two attached hydrogens (primary N) is 1. The molecule has 1 aromatic heterocycles. The van der Waals surface area contributed by atoms with Crippen molar-refractivity contribution in [3.05, 3.63) is 11.9 Å². The van der Waals surface area contributed by atoms with Crippen LogP contribution in [0.25, 0.3) is 0 Å². The van der Waals surface area contributed by atoms with E-state index in [4.69, 9.17) is 5.73 Å². The van der Waals surface area contributed by atoms with Gasteiger partial charge in [-0.1, -0.05) is 13.8 Å². The van der Waals surface area contributed by atoms with Crippen molar-refractivity contribution in [2.75, 3.05) is 29.9 Å². The van der Waals surface area contributed by atoms with Gasteiger partial charge < -0.3 is 16.0 Å². The molecule has 5 nitrogen and oxygen atoms in total. The van der Waals surface area contributed by atoms with Crippen molar-refractivity contribution < 1.29 is 0 Å². The van der Waals surface area contributed by atoms with Crippen LogP contribution in [0.2, 0.25) is 0 Å². The van der Waals surface area contributed by atoms with Gasteiger partial charge >= 0.3 is 0 Å². The zero-order chi connectivity index (χ0) is 13.8. The van der Waals surface area contributed by atoms with E-state index in [-0.39, 0.29) is 0 Å². The molecule has 1 aliphatic rings. The van der Waals surface area contributed by atoms with Gasteiger partial charge in [0.15, 0.2) is 0 Å². The van der Waals surface area contributed by atoms with Gasteiger partial charge in [-0.25, -0.2) is 9.97 Å². The lowest BCUT2D eigenvalue weighted by molar-refractivity contribution is 0.668. The molecule has 1 fully saturated rings. The number of nitrogens with one attached hydrogen (secondary N) is 1. The van der Waals surface area contributed by atoms with Crippen LogP contribution in [0.15, 0.2) is 6.07 Å². The second kappa shape index (κ2) is 6.19. The average molecular weight is 263 g/mol. The number of nitrogens with zero attached hydrogens (tertiary/aromatic N) is 3. The second-order valence-corrected chi connectivity index (χ2v) is 5.66. The molecule has 1 saturated heterocycles. The summed E-state index contributed by atoms with van der Waals surface area (Å²) in [6, 6.07) is 2.47. The maximum absolute atomic E-state index is 5.84. The smallest absolute Gasteiger partial charge is 0.134 e. The van der Waals surface area contributed by atoms with Crippen molar-refractivity contribution in [3.63, 3.8) is 0 Å². The van der Waals surface area contributed by atoms with E-state index in [9.17, 15) is 0 Å². The van der Waals surface area contributed by atoms with Crippen LogP contribution in [0.1, 0.15) is 32.5 Å². The third-order valence-corrected chi connectivity index (χ3v) is 3.46. The maximum Gasteiger partial charge on any atom is 0.134 e. The Kier molecular flexibility index (Phi) is 4.58. The zero-order valence-electron chi connectivity index (χ0n) is 12.2. The predicted molar refractivity (Wildman–Crippen MR) is 79.5 cm³/mol. The first-order chi connectivity index (χ1) is 9.10. The largest absolute Gasteiger partial charge is 0.370 e. The Balaban J connectivity index is 2.16. The summed E-state index contributed by atoms with van der Waals surface area (Å²) in [6.45, 7) is 8.98. The molecule has 0 amide bonds. The van der Waals surface area contributed by atoms with Gasteiger partial charge in [0.25, 0.3) is 0 Å². The Hall–Kier alpha value is -1.36. The van der Waals surface area contributed by atoms with E-state index in [1.54, 1.807) is 0 Å². The van der Waals surface area contributed by atoms with Crippen LogP contribution in [0.3, 0.4) is 0 Å². The number of aryl methyl sites for hydroxylation is 1. The van der Waals surface area contributed by atoms with E-state index < -0.39 is 0 Å². The fraction of sp³-hybridized carbons (Fsp3) is 0.714. The summed E-state index contributed by atoms with van der Waals surface area (Å²) in [5, 5.41) is 3.37. The van der Waals surface area contributed by atoms with E-state index in [2.05, 4.69) is 34.0 Å². The van der Waals surface area contributed by atoms with Crippen molar-refractivity contribution in [3.8, 4) is 0 Å². The topological polar surface area (TPSA) is 67.1 Å². The van der Waals surface area contributed by atoms with Gasteiger partial charge in [0.2, 0.25) is 0 Å². The Morgan fingerprint density at radius 1 is 1.47 bits per heavy atom. The van der Waals surface area contributed by atoms with E-state index in [0.717, 1.165) is 37.0 Å². The fourth-order valence-electron chi connectivity index (χ4n) is 2.48. The molecule has 1 aromatic rings. The molecule has 3 N–H and O–H groups in total. The predicted octanol–water partition coefficient (Wildman–Crippen LogP) is 1.78. The molecule has 2 rings (SSSR count). The number of hydrogen-bond acceptors (Lipinski definition) is 5. The van der Waals surface area contributed by atoms with Crippen LogP contribution >= 0.6 is 0 Å². The van der Waals surface area contributed by atoms with Crippen LogP contribution in [0.4, 0.5) is 11.6 Å². The summed E-state index contributed by atoms with van der Waals surface area (Å²) in [7, 11) is 0. The first kappa shape index (κ1) is 14.1. The maximum atomic E-state index is 5.84. The molecule has 0 aliphatic carbocycles. The van der Waals surface area contributed by atoms with Crippen LogP contribution in [-0.2, 0) is 0 Å². The lowest BCUT2D eigenvalue weighted by Crippen LogP contribution is -2.36. The summed E-state index contributed by atoms with van der Waals surface area (Å²) < 4.78 is 0. The van der Waals surface area contributed by atoms with E-state index in [1.807, 2.05) is 13.0 Å². The van der Waals surface area contributed by atoms with Crippen LogP contribution in [0.5, 0.6) is 0 Å². The fourth-order valence-corrected chi connectivity index (χ4v) is 2.48. The van der Waals surface area contributed by atoms with Crippen LogP contribution in [0, 0.1) is 12.8 Å². The van der Waals surface area contributed by atoms with Gasteiger partial charge in [-0.05, 0) is 25.7 Å². The zero-order valence-corrected chi connectivity index (χ0v) is 12.2. The van der Waals surface area contributed by atoms with Gasteiger partial charge in [0, 0.05) is 31.7 Å². The summed E-state index contributed by atoms with van der Waals surface area (Å²) in [4.78, 5) is 11.3. The van der Waals surface area contributed by atoms with E-state index in [1.165, 1.54) is 6.42 Å². The molecule has 0 bridgehead atoms. The molecule has 0 aromatic carbocycles. The van der Waals surface area contributed by atoms with Gasteiger partial charge in [0.05, 0.1) is 0 Å². The summed E-state index contributed by atoms with van der Waals surface area (Å²) in [5.74, 6) is 3.33. The molecular formula is C14H25N5. The number of anilines is 2. The molecule has 5 heteroatoms. The minimum absolute atomic E-state index is 0.423. The first-order valence-electron chi connectivity index (χ1n) is 7.16. The van der Waals surface area contributed by atoms with Crippen molar-refractivity contribution >= 4 is 11.6 Å². The highest BCUT2D eigenvalue weighted by Crippen LogP contribution is 2.25. The Bertz CT molecular complexity index is 418. The summed E-state index contributed by atoms with van der Waals surface area (Å²) in [5.41, 5.74) is 5.84. The van der Waals surface area contributed by atoms with Crippen LogP contribution in [-0.4, -0.2) is 35.6 Å². The molecule has 0 spiro atoms. The minimum Gasteiger partial charge on any atom is -0.370 e. The SMILES string of the molecule is Cc1nc(NCC(C)C)cc(N2CCCC2CN)n1. The van der Waals surface area contributed by atoms with Gasteiger partial charge in [-0.15, -0.1) is 0 Å². The quantitative estimate of drug-likeness (QED) is 0.847. The van der Waals surface area contributed by atoms with Crippen molar-refractivity contribution in [1.82, 2.24) is 9.97 Å². The summed E-state index contributed by atoms with van der Waals surface area (Å²) >= 11 is 0. The third kappa shape index (κ3) is 3.56. The number of rotatable bonds is 5. The van der Waals surface area contributed by atoms with Crippen LogP contribution < -0.4 is 16.0 Å².